The third-order valence-corrected chi connectivity index (χ3v) is 17.8. The van der Waals surface area contributed by atoms with E-state index >= 15 is 0 Å². The quantitative estimate of drug-likeness (QED) is 0.361. The first-order valence-electron chi connectivity index (χ1n) is 11.0. The molecule has 0 N–H and O–H groups in total. The van der Waals surface area contributed by atoms with Gasteiger partial charge in [0.1, 0.15) is 0 Å². The van der Waals surface area contributed by atoms with Crippen LogP contribution in [0.4, 0.5) is 0 Å². The fraction of sp³-hybridized carbons (Fsp3) is 0.321. The predicted octanol–water partition coefficient (Wildman–Crippen LogP) is 8.55. The molecule has 2 aliphatic carbocycles. The molecule has 2 atom stereocenters. The van der Waals surface area contributed by atoms with Crippen molar-refractivity contribution in [3.63, 3.8) is 0 Å². The van der Waals surface area contributed by atoms with E-state index in [2.05, 4.69) is 109 Å². The van der Waals surface area contributed by atoms with Crippen LogP contribution in [0.15, 0.2) is 81.2 Å². The van der Waals surface area contributed by atoms with E-state index in [0.29, 0.717) is 15.5 Å². The van der Waals surface area contributed by atoms with Gasteiger partial charge in [0.05, 0.1) is 0 Å². The van der Waals surface area contributed by atoms with E-state index in [0.717, 1.165) is 6.42 Å². The molecule has 0 saturated carbocycles. The molecule has 3 heteroatoms. The van der Waals surface area contributed by atoms with Crippen molar-refractivity contribution < 1.29 is 19.8 Å². The zero-order valence-corrected chi connectivity index (χ0v) is 23.4. The van der Waals surface area contributed by atoms with Gasteiger partial charge in [-0.2, -0.15) is 0 Å². The van der Waals surface area contributed by atoms with Crippen LogP contribution in [0.1, 0.15) is 54.4 Å². The maximum absolute atomic E-state index is 2.95. The van der Waals surface area contributed by atoms with Gasteiger partial charge in [-0.25, -0.2) is 0 Å². The molecule has 0 nitrogen and oxygen atoms in total. The van der Waals surface area contributed by atoms with E-state index < -0.39 is 19.8 Å². The summed E-state index contributed by atoms with van der Waals surface area (Å²) in [6.07, 6.45) is 8.60. The van der Waals surface area contributed by atoms with Crippen molar-refractivity contribution in [3.05, 3.63) is 97.9 Å². The van der Waals surface area contributed by atoms with Crippen LogP contribution in [0.3, 0.4) is 0 Å². The van der Waals surface area contributed by atoms with Gasteiger partial charge in [0, 0.05) is 0 Å². The number of rotatable bonds is 5. The summed E-state index contributed by atoms with van der Waals surface area (Å²) in [6.45, 7) is 9.50. The summed E-state index contributed by atoms with van der Waals surface area (Å²) >= 11 is -2.95. The Morgan fingerprint density at radius 2 is 1.52 bits per heavy atom. The van der Waals surface area contributed by atoms with Gasteiger partial charge >= 0.3 is 182 Å². The Kier molecular flexibility index (Phi) is 9.09. The van der Waals surface area contributed by atoms with Gasteiger partial charge in [-0.1, -0.05) is 0 Å². The Labute approximate surface area is 205 Å². The number of hydrogen-bond donors (Lipinski definition) is 0. The molecule has 0 heterocycles. The number of benzene rings is 2. The first-order valence-corrected chi connectivity index (χ1v) is 17.6. The maximum Gasteiger partial charge on any atom is -0.147 e. The standard InChI is InChI=1S/C11H17.C9H7.C7H6.CH3.2ClH.Zr/c1-8(2)10-6-5-7-11(10)9(3)4;1-2-5-9-7-3-6-8(9)4-1;1-7-5-3-2-4-6-7;;;;/h6,8-9H,5H2,1-4H3;1-7H;1-6H;1H3;2*1H;. The molecule has 0 aromatic heterocycles. The third-order valence-electron chi connectivity index (χ3n) is 6.72. The fourth-order valence-corrected chi connectivity index (χ4v) is 16.6. The molecule has 0 spiro atoms. The minimum atomic E-state index is -2.95. The molecule has 0 amide bonds. The third kappa shape index (κ3) is 5.00. The van der Waals surface area contributed by atoms with E-state index in [1.807, 2.05) is 3.28 Å². The largest absolute Gasteiger partial charge is 0.147 e. The zero-order chi connectivity index (χ0) is 20.6. The molecule has 0 fully saturated rings. The Hall–Kier alpha value is -1.01. The summed E-state index contributed by atoms with van der Waals surface area (Å²) in [7, 11) is 0. The molecule has 165 valence electrons. The average Bonchev–Trinajstić information content (AvgIpc) is 3.34. The van der Waals surface area contributed by atoms with Crippen LogP contribution in [0.25, 0.3) is 6.08 Å². The number of hydrogen-bond acceptors (Lipinski definition) is 0. The van der Waals surface area contributed by atoms with E-state index in [9.17, 15) is 0 Å². The van der Waals surface area contributed by atoms with E-state index in [4.69, 9.17) is 0 Å². The molecule has 4 rings (SSSR count). The van der Waals surface area contributed by atoms with Gasteiger partial charge in [0.2, 0.25) is 0 Å². The molecule has 0 saturated heterocycles. The monoisotopic (exact) mass is 531 g/mol. The van der Waals surface area contributed by atoms with Gasteiger partial charge in [-0.15, -0.1) is 24.8 Å². The van der Waals surface area contributed by atoms with Crippen molar-refractivity contribution in [2.75, 3.05) is 0 Å². The molecule has 2 unspecified atom stereocenters. The summed E-state index contributed by atoms with van der Waals surface area (Å²) < 4.78 is 7.80. The fourth-order valence-electron chi connectivity index (χ4n) is 5.38. The summed E-state index contributed by atoms with van der Waals surface area (Å²) in [5.74, 6) is 1.19. The molecule has 0 aliphatic heterocycles. The van der Waals surface area contributed by atoms with Crippen LogP contribution >= 0.6 is 24.8 Å². The van der Waals surface area contributed by atoms with Gasteiger partial charge in [0.25, 0.3) is 0 Å². The van der Waals surface area contributed by atoms with Crippen molar-refractivity contribution in [1.29, 1.82) is 0 Å². The van der Waals surface area contributed by atoms with Crippen molar-refractivity contribution >= 4 is 34.6 Å². The topological polar surface area (TPSA) is 0 Å². The second-order valence-corrected chi connectivity index (χ2v) is 19.4. The van der Waals surface area contributed by atoms with Crippen LogP contribution < -0.4 is 0 Å². The zero-order valence-electron chi connectivity index (χ0n) is 19.3. The predicted molar refractivity (Wildman–Crippen MR) is 140 cm³/mol. The first-order chi connectivity index (χ1) is 13.9. The molecule has 2 aliphatic rings. The smallest absolute Gasteiger partial charge is 0.147 e. The summed E-state index contributed by atoms with van der Waals surface area (Å²) in [4.78, 5) is 0. The molecule has 0 bridgehead atoms. The van der Waals surface area contributed by atoms with Gasteiger partial charge in [0.15, 0.2) is 0 Å². The van der Waals surface area contributed by atoms with Gasteiger partial charge in [-0.3, -0.25) is 0 Å². The number of fused-ring (bicyclic) bond motifs is 1. The summed E-state index contributed by atoms with van der Waals surface area (Å²) in [5, 5.41) is 0. The Morgan fingerprint density at radius 3 is 2.16 bits per heavy atom. The molecule has 2 aromatic rings. The van der Waals surface area contributed by atoms with Crippen LogP contribution in [0.5, 0.6) is 0 Å². The number of allylic oxidation sites excluding steroid dienone is 5. The van der Waals surface area contributed by atoms with Crippen LogP contribution in [-0.2, 0) is 19.8 Å². The SMILES string of the molecule is CC(C)C1=CC[C]([Zr]([CH3])(=[CH]c2ccccc2)[CH]2C=Cc3ccccc32)=C1C(C)C.Cl.Cl. The Morgan fingerprint density at radius 1 is 0.871 bits per heavy atom. The molecule has 0 radical (unpaired) electrons. The second kappa shape index (κ2) is 10.7. The Bertz CT molecular complexity index is 1060. The van der Waals surface area contributed by atoms with E-state index in [1.165, 1.54) is 11.1 Å². The molecule has 2 aromatic carbocycles. The summed E-state index contributed by atoms with van der Waals surface area (Å²) in [6, 6.07) is 20.1. The van der Waals surface area contributed by atoms with Crippen LogP contribution in [0, 0.1) is 11.8 Å². The van der Waals surface area contributed by atoms with Gasteiger partial charge in [-0.05, 0) is 0 Å². The van der Waals surface area contributed by atoms with Crippen LogP contribution in [-0.4, -0.2) is 3.71 Å². The van der Waals surface area contributed by atoms with Crippen molar-refractivity contribution in [2.24, 2.45) is 11.8 Å². The summed E-state index contributed by atoms with van der Waals surface area (Å²) in [5.41, 5.74) is 7.66. The Balaban J connectivity index is 0.00000171. The maximum atomic E-state index is 2.74. The second-order valence-electron chi connectivity index (χ2n) is 9.37. The normalized spacial score (nSPS) is 18.9. The number of halogens is 2. The van der Waals surface area contributed by atoms with Crippen LogP contribution in [0.2, 0.25) is 4.63 Å². The minimum absolute atomic E-state index is 0. The molecular formula is C28H35Cl2Zr. The van der Waals surface area contributed by atoms with Crippen molar-refractivity contribution in [3.8, 4) is 0 Å². The molecule has 31 heavy (non-hydrogen) atoms. The minimum Gasteiger partial charge on any atom is -0.147 e. The van der Waals surface area contributed by atoms with Crippen molar-refractivity contribution in [1.82, 2.24) is 0 Å². The van der Waals surface area contributed by atoms with Crippen molar-refractivity contribution in [2.45, 2.75) is 42.4 Å². The van der Waals surface area contributed by atoms with E-state index in [1.54, 1.807) is 16.7 Å². The van der Waals surface area contributed by atoms with Gasteiger partial charge < -0.3 is 0 Å². The molecular weight excluding hydrogens is 498 g/mol. The van der Waals surface area contributed by atoms with E-state index in [-0.39, 0.29) is 24.8 Å². The average molecular weight is 534 g/mol. The first kappa shape index (κ1) is 26.2.